The van der Waals surface area contributed by atoms with Gasteiger partial charge >= 0.3 is 5.97 Å². The van der Waals surface area contributed by atoms with Gasteiger partial charge < -0.3 is 15.3 Å². The summed E-state index contributed by atoms with van der Waals surface area (Å²) in [6.45, 7) is 6.14. The van der Waals surface area contributed by atoms with Gasteiger partial charge in [0.2, 0.25) is 11.8 Å². The second-order valence-corrected chi connectivity index (χ2v) is 8.80. The van der Waals surface area contributed by atoms with Gasteiger partial charge in [0.15, 0.2) is 0 Å². The van der Waals surface area contributed by atoms with E-state index in [1.165, 1.54) is 11.8 Å². The van der Waals surface area contributed by atoms with E-state index in [1.54, 1.807) is 14.1 Å². The van der Waals surface area contributed by atoms with Crippen molar-refractivity contribution in [1.29, 1.82) is 0 Å². The SMILES string of the molecule is CCC(CC)C[C@H](NC(C)=O)[C@H]1[C@H](C(=O)N(C)C)C[C@H](C(=O)O)N1Cc1ccccc1. The maximum absolute atomic E-state index is 13.1. The normalized spacial score (nSPS) is 22.3. The fourth-order valence-electron chi connectivity index (χ4n) is 4.82. The predicted molar refractivity (Wildman–Crippen MR) is 120 cm³/mol. The molecule has 1 aromatic rings. The molecule has 1 aliphatic heterocycles. The first-order valence-corrected chi connectivity index (χ1v) is 11.2. The second-order valence-electron chi connectivity index (χ2n) is 8.80. The largest absolute Gasteiger partial charge is 0.480 e. The first kappa shape index (κ1) is 24.9. The molecule has 2 rings (SSSR count). The molecular formula is C24H37N3O4. The van der Waals surface area contributed by atoms with E-state index >= 15 is 0 Å². The van der Waals surface area contributed by atoms with Crippen LogP contribution in [0.15, 0.2) is 30.3 Å². The van der Waals surface area contributed by atoms with Crippen molar-refractivity contribution in [3.8, 4) is 0 Å². The topological polar surface area (TPSA) is 90.0 Å². The summed E-state index contributed by atoms with van der Waals surface area (Å²) in [6.07, 6.45) is 2.88. The minimum Gasteiger partial charge on any atom is -0.480 e. The molecule has 0 radical (unpaired) electrons. The molecule has 0 spiro atoms. The molecule has 1 aromatic carbocycles. The van der Waals surface area contributed by atoms with Gasteiger partial charge in [0.25, 0.3) is 0 Å². The minimum absolute atomic E-state index is 0.0910. The lowest BCUT2D eigenvalue weighted by atomic mass is 9.85. The maximum Gasteiger partial charge on any atom is 0.320 e. The van der Waals surface area contributed by atoms with Crippen molar-refractivity contribution in [2.75, 3.05) is 14.1 Å². The molecule has 4 atom stereocenters. The summed E-state index contributed by atoms with van der Waals surface area (Å²) >= 11 is 0. The van der Waals surface area contributed by atoms with Gasteiger partial charge in [-0.2, -0.15) is 0 Å². The Bertz CT molecular complexity index is 748. The molecule has 1 fully saturated rings. The molecule has 1 heterocycles. The Kier molecular flexibility index (Phi) is 9.04. The fourth-order valence-corrected chi connectivity index (χ4v) is 4.82. The molecule has 7 nitrogen and oxygen atoms in total. The second kappa shape index (κ2) is 11.3. The summed E-state index contributed by atoms with van der Waals surface area (Å²) in [5, 5.41) is 13.1. The van der Waals surface area contributed by atoms with Gasteiger partial charge in [0, 0.05) is 39.6 Å². The van der Waals surface area contributed by atoms with Crippen LogP contribution < -0.4 is 5.32 Å². The molecular weight excluding hydrogens is 394 g/mol. The van der Waals surface area contributed by atoms with Gasteiger partial charge in [-0.1, -0.05) is 57.0 Å². The lowest BCUT2D eigenvalue weighted by molar-refractivity contribution is -0.143. The van der Waals surface area contributed by atoms with E-state index in [9.17, 15) is 19.5 Å². The Labute approximate surface area is 185 Å². The van der Waals surface area contributed by atoms with Crippen LogP contribution in [0.5, 0.6) is 0 Å². The van der Waals surface area contributed by atoms with Crippen LogP contribution >= 0.6 is 0 Å². The number of likely N-dealkylation sites (tertiary alicyclic amines) is 1. The smallest absolute Gasteiger partial charge is 0.320 e. The molecule has 0 bridgehead atoms. The highest BCUT2D eigenvalue weighted by molar-refractivity contribution is 5.83. The number of amides is 2. The molecule has 31 heavy (non-hydrogen) atoms. The third-order valence-electron chi connectivity index (χ3n) is 6.47. The molecule has 2 N–H and O–H groups in total. The van der Waals surface area contributed by atoms with E-state index in [-0.39, 0.29) is 30.3 Å². The zero-order valence-electron chi connectivity index (χ0n) is 19.4. The lowest BCUT2D eigenvalue weighted by Crippen LogP contribution is -2.55. The standard InChI is InChI=1S/C24H37N3O4/c1-6-17(7-2)13-20(25-16(3)28)22-19(23(29)26(4)5)14-21(24(30)31)27(22)15-18-11-9-8-10-12-18/h8-12,17,19-22H,6-7,13-15H2,1-5H3,(H,25,28)(H,30,31)/t19-,20+,21-,22-/m1/s1. The van der Waals surface area contributed by atoms with E-state index in [4.69, 9.17) is 0 Å². The van der Waals surface area contributed by atoms with Gasteiger partial charge in [-0.15, -0.1) is 0 Å². The van der Waals surface area contributed by atoms with E-state index in [1.807, 2.05) is 35.2 Å². The predicted octanol–water partition coefficient (Wildman–Crippen LogP) is 2.75. The molecule has 2 amide bonds. The number of carboxylic acids is 1. The van der Waals surface area contributed by atoms with Crippen LogP contribution in [0, 0.1) is 11.8 Å². The first-order chi connectivity index (χ1) is 14.7. The highest BCUT2D eigenvalue weighted by atomic mass is 16.4. The Morgan fingerprint density at radius 1 is 1.16 bits per heavy atom. The number of nitrogens with zero attached hydrogens (tertiary/aromatic N) is 2. The first-order valence-electron chi connectivity index (χ1n) is 11.2. The summed E-state index contributed by atoms with van der Waals surface area (Å²) < 4.78 is 0. The Morgan fingerprint density at radius 3 is 2.26 bits per heavy atom. The molecule has 0 aliphatic carbocycles. The van der Waals surface area contributed by atoms with Crippen LogP contribution in [0.2, 0.25) is 0 Å². The van der Waals surface area contributed by atoms with E-state index in [0.29, 0.717) is 18.9 Å². The number of hydrogen-bond acceptors (Lipinski definition) is 4. The van der Waals surface area contributed by atoms with Crippen molar-refractivity contribution in [3.63, 3.8) is 0 Å². The van der Waals surface area contributed by atoms with Crippen molar-refractivity contribution >= 4 is 17.8 Å². The zero-order valence-corrected chi connectivity index (χ0v) is 19.4. The average Bonchev–Trinajstić information content (AvgIpc) is 3.10. The van der Waals surface area contributed by atoms with Crippen molar-refractivity contribution in [2.45, 2.75) is 71.1 Å². The van der Waals surface area contributed by atoms with Crippen molar-refractivity contribution in [2.24, 2.45) is 11.8 Å². The quantitative estimate of drug-likeness (QED) is 0.595. The molecule has 0 saturated carbocycles. The van der Waals surface area contributed by atoms with Gasteiger partial charge in [0.1, 0.15) is 6.04 Å². The molecule has 7 heteroatoms. The van der Waals surface area contributed by atoms with E-state index in [0.717, 1.165) is 18.4 Å². The minimum atomic E-state index is -0.931. The van der Waals surface area contributed by atoms with Crippen LogP contribution in [-0.2, 0) is 20.9 Å². The summed E-state index contributed by atoms with van der Waals surface area (Å²) in [5.41, 5.74) is 0.987. The zero-order chi connectivity index (χ0) is 23.1. The van der Waals surface area contributed by atoms with Gasteiger partial charge in [0.05, 0.1) is 5.92 Å². The molecule has 0 unspecified atom stereocenters. The number of aliphatic carboxylic acids is 1. The van der Waals surface area contributed by atoms with Gasteiger partial charge in [-0.25, -0.2) is 0 Å². The van der Waals surface area contributed by atoms with Crippen molar-refractivity contribution in [1.82, 2.24) is 15.1 Å². The van der Waals surface area contributed by atoms with Gasteiger partial charge in [-0.05, 0) is 24.3 Å². The average molecular weight is 432 g/mol. The third-order valence-corrected chi connectivity index (χ3v) is 6.47. The number of benzene rings is 1. The van der Waals surface area contributed by atoms with E-state index in [2.05, 4.69) is 19.2 Å². The summed E-state index contributed by atoms with van der Waals surface area (Å²) in [6, 6.07) is 8.23. The van der Waals surface area contributed by atoms with Crippen LogP contribution in [0.3, 0.4) is 0 Å². The van der Waals surface area contributed by atoms with Gasteiger partial charge in [-0.3, -0.25) is 19.3 Å². The van der Waals surface area contributed by atoms with Crippen molar-refractivity contribution in [3.05, 3.63) is 35.9 Å². The Morgan fingerprint density at radius 2 is 1.77 bits per heavy atom. The number of carboxylic acid groups (broad SMARTS) is 1. The summed E-state index contributed by atoms with van der Waals surface area (Å²) in [5.74, 6) is -1.29. The fraction of sp³-hybridized carbons (Fsp3) is 0.625. The lowest BCUT2D eigenvalue weighted by Gasteiger charge is -2.38. The van der Waals surface area contributed by atoms with Crippen LogP contribution in [0.1, 0.15) is 52.0 Å². The summed E-state index contributed by atoms with van der Waals surface area (Å²) in [4.78, 5) is 40.9. The maximum atomic E-state index is 13.1. The van der Waals surface area contributed by atoms with Crippen LogP contribution in [-0.4, -0.2) is 64.9 Å². The molecule has 1 saturated heterocycles. The van der Waals surface area contributed by atoms with Crippen molar-refractivity contribution < 1.29 is 19.5 Å². The highest BCUT2D eigenvalue weighted by Crippen LogP contribution is 2.37. The number of nitrogens with one attached hydrogen (secondary N) is 1. The monoisotopic (exact) mass is 431 g/mol. The van der Waals surface area contributed by atoms with Crippen LogP contribution in [0.25, 0.3) is 0 Å². The number of hydrogen-bond donors (Lipinski definition) is 2. The van der Waals surface area contributed by atoms with Crippen LogP contribution in [0.4, 0.5) is 0 Å². The third kappa shape index (κ3) is 6.29. The molecule has 1 aliphatic rings. The Hall–Kier alpha value is -2.41. The number of rotatable bonds is 10. The molecule has 172 valence electrons. The Balaban J connectivity index is 2.52. The highest BCUT2D eigenvalue weighted by Gasteiger charge is 2.51. The summed E-state index contributed by atoms with van der Waals surface area (Å²) in [7, 11) is 3.40. The van der Waals surface area contributed by atoms with E-state index < -0.39 is 17.9 Å². The number of carbonyl (C=O) groups excluding carboxylic acids is 2. The number of carbonyl (C=O) groups is 3. The molecule has 0 aromatic heterocycles.